The van der Waals surface area contributed by atoms with Crippen molar-refractivity contribution in [2.45, 2.75) is 19.9 Å². The first-order valence-corrected chi connectivity index (χ1v) is 5.61. The highest BCUT2D eigenvalue weighted by atomic mass is 16.5. The van der Waals surface area contributed by atoms with E-state index in [0.29, 0.717) is 23.5 Å². The number of rotatable bonds is 5. The summed E-state index contributed by atoms with van der Waals surface area (Å²) in [4.78, 5) is 11.5. The zero-order valence-electron chi connectivity index (χ0n) is 10.5. The highest BCUT2D eigenvalue weighted by Gasteiger charge is 2.14. The van der Waals surface area contributed by atoms with Crippen molar-refractivity contribution in [1.82, 2.24) is 0 Å². The van der Waals surface area contributed by atoms with Gasteiger partial charge < -0.3 is 15.2 Å². The number of methoxy groups -OCH3 is 1. The van der Waals surface area contributed by atoms with Crippen LogP contribution in [0.1, 0.15) is 23.6 Å². The summed E-state index contributed by atoms with van der Waals surface area (Å²) in [6, 6.07) is 5.37. The third kappa shape index (κ3) is 3.22. The van der Waals surface area contributed by atoms with Gasteiger partial charge in [-0.3, -0.25) is 4.79 Å². The van der Waals surface area contributed by atoms with Gasteiger partial charge in [-0.25, -0.2) is 0 Å². The van der Waals surface area contributed by atoms with E-state index < -0.39 is 0 Å². The number of nitrogens with zero attached hydrogens (tertiary/aromatic N) is 1. The molecule has 1 rings (SSSR count). The molecule has 5 nitrogen and oxygen atoms in total. The van der Waals surface area contributed by atoms with E-state index in [1.165, 1.54) is 7.11 Å². The molecule has 0 atom stereocenters. The van der Waals surface area contributed by atoms with Gasteiger partial charge in [-0.2, -0.15) is 5.26 Å². The van der Waals surface area contributed by atoms with Crippen LogP contribution in [0, 0.1) is 11.3 Å². The minimum Gasteiger partial charge on any atom is -0.497 e. The molecule has 5 heteroatoms. The molecule has 0 spiro atoms. The van der Waals surface area contributed by atoms with Crippen LogP contribution in [0.15, 0.2) is 12.1 Å². The predicted molar refractivity (Wildman–Crippen MR) is 65.9 cm³/mol. The van der Waals surface area contributed by atoms with Gasteiger partial charge in [-0.05, 0) is 30.2 Å². The summed E-state index contributed by atoms with van der Waals surface area (Å²) in [5.41, 5.74) is 7.35. The van der Waals surface area contributed by atoms with Crippen molar-refractivity contribution in [3.8, 4) is 11.8 Å². The summed E-state index contributed by atoms with van der Waals surface area (Å²) in [6.45, 7) is 2.29. The maximum atomic E-state index is 11.5. The Bertz CT molecular complexity index is 478. The molecule has 0 bridgehead atoms. The number of nitrogens with two attached hydrogens (primary N) is 1. The zero-order valence-corrected chi connectivity index (χ0v) is 10.5. The van der Waals surface area contributed by atoms with Gasteiger partial charge in [0.25, 0.3) is 0 Å². The number of hydrogen-bond donors (Lipinski definition) is 1. The average molecular weight is 248 g/mol. The van der Waals surface area contributed by atoms with Gasteiger partial charge in [-0.15, -0.1) is 0 Å². The number of benzene rings is 1. The van der Waals surface area contributed by atoms with E-state index in [1.54, 1.807) is 19.1 Å². The van der Waals surface area contributed by atoms with Crippen molar-refractivity contribution < 1.29 is 14.3 Å². The minimum atomic E-state index is -0.367. The molecule has 0 fully saturated rings. The van der Waals surface area contributed by atoms with Crippen LogP contribution in [-0.2, 0) is 22.5 Å². The topological polar surface area (TPSA) is 85.3 Å². The van der Waals surface area contributed by atoms with Crippen LogP contribution in [0.4, 0.5) is 0 Å². The van der Waals surface area contributed by atoms with Crippen LogP contribution >= 0.6 is 0 Å². The number of nitriles is 1. The molecular formula is C13H16N2O3. The first-order valence-electron chi connectivity index (χ1n) is 5.61. The lowest BCUT2D eigenvalue weighted by atomic mass is 9.98. The quantitative estimate of drug-likeness (QED) is 0.789. The van der Waals surface area contributed by atoms with Gasteiger partial charge in [0.1, 0.15) is 5.75 Å². The van der Waals surface area contributed by atoms with Gasteiger partial charge in [0, 0.05) is 6.54 Å². The summed E-state index contributed by atoms with van der Waals surface area (Å²) >= 11 is 0. The van der Waals surface area contributed by atoms with E-state index in [1.807, 2.05) is 6.07 Å². The molecule has 18 heavy (non-hydrogen) atoms. The molecule has 0 amide bonds. The Morgan fingerprint density at radius 1 is 1.50 bits per heavy atom. The van der Waals surface area contributed by atoms with Crippen molar-refractivity contribution >= 4 is 5.97 Å². The number of carbonyl (C=O) groups excluding carboxylic acids is 1. The van der Waals surface area contributed by atoms with Crippen LogP contribution < -0.4 is 10.5 Å². The number of carbonyl (C=O) groups is 1. The van der Waals surface area contributed by atoms with Gasteiger partial charge in [-0.1, -0.05) is 0 Å². The van der Waals surface area contributed by atoms with E-state index >= 15 is 0 Å². The standard InChI is InChI=1S/C13H16N2O3/c1-3-18-13(16)6-12-9(7-14)4-11(17-2)5-10(12)8-15/h4-5H,3,6-7,14H2,1-2H3. The van der Waals surface area contributed by atoms with Crippen LogP contribution in [0.25, 0.3) is 0 Å². The summed E-state index contributed by atoms with van der Waals surface area (Å²) in [6.07, 6.45) is 0.0489. The van der Waals surface area contributed by atoms with Gasteiger partial charge >= 0.3 is 5.97 Å². The van der Waals surface area contributed by atoms with Crippen molar-refractivity contribution in [3.63, 3.8) is 0 Å². The Balaban J connectivity index is 3.15. The molecule has 0 aromatic heterocycles. The molecule has 2 N–H and O–H groups in total. The summed E-state index contributed by atoms with van der Waals surface area (Å²) in [5.74, 6) is 0.188. The molecule has 0 heterocycles. The normalized spacial score (nSPS) is 9.67. The summed E-state index contributed by atoms with van der Waals surface area (Å²) in [5, 5.41) is 9.10. The van der Waals surface area contributed by atoms with Crippen molar-refractivity contribution in [1.29, 1.82) is 5.26 Å². The van der Waals surface area contributed by atoms with Gasteiger partial charge in [0.2, 0.25) is 0 Å². The summed E-state index contributed by atoms with van der Waals surface area (Å²) in [7, 11) is 1.52. The number of ether oxygens (including phenoxy) is 2. The fourth-order valence-corrected chi connectivity index (χ4v) is 1.67. The Labute approximate surface area is 106 Å². The number of esters is 1. The monoisotopic (exact) mass is 248 g/mol. The molecule has 1 aromatic rings. The van der Waals surface area contributed by atoms with Crippen LogP contribution in [0.5, 0.6) is 5.75 Å². The Morgan fingerprint density at radius 2 is 2.22 bits per heavy atom. The highest BCUT2D eigenvalue weighted by Crippen LogP contribution is 2.23. The van der Waals surface area contributed by atoms with Gasteiger partial charge in [0.15, 0.2) is 0 Å². The van der Waals surface area contributed by atoms with E-state index in [9.17, 15) is 4.79 Å². The fourth-order valence-electron chi connectivity index (χ4n) is 1.67. The summed E-state index contributed by atoms with van der Waals surface area (Å²) < 4.78 is 9.96. The molecular weight excluding hydrogens is 232 g/mol. The fraction of sp³-hybridized carbons (Fsp3) is 0.385. The molecule has 96 valence electrons. The van der Waals surface area contributed by atoms with Crippen LogP contribution in [-0.4, -0.2) is 19.7 Å². The molecule has 0 aliphatic heterocycles. The Hall–Kier alpha value is -2.06. The smallest absolute Gasteiger partial charge is 0.310 e. The van der Waals surface area contributed by atoms with E-state index in [0.717, 1.165) is 5.56 Å². The Kier molecular flexibility index (Phi) is 5.15. The van der Waals surface area contributed by atoms with Gasteiger partial charge in [0.05, 0.1) is 31.8 Å². The van der Waals surface area contributed by atoms with Crippen molar-refractivity contribution in [2.24, 2.45) is 5.73 Å². The van der Waals surface area contributed by atoms with E-state index in [-0.39, 0.29) is 18.9 Å². The van der Waals surface area contributed by atoms with Crippen molar-refractivity contribution in [3.05, 3.63) is 28.8 Å². The molecule has 0 saturated heterocycles. The SMILES string of the molecule is CCOC(=O)Cc1c(C#N)cc(OC)cc1CN. The van der Waals surface area contributed by atoms with E-state index in [4.69, 9.17) is 20.5 Å². The Morgan fingerprint density at radius 3 is 2.72 bits per heavy atom. The maximum absolute atomic E-state index is 11.5. The lowest BCUT2D eigenvalue weighted by Gasteiger charge is -2.11. The largest absolute Gasteiger partial charge is 0.497 e. The van der Waals surface area contributed by atoms with E-state index in [2.05, 4.69) is 0 Å². The molecule has 0 aliphatic carbocycles. The average Bonchev–Trinajstić information content (AvgIpc) is 2.39. The zero-order chi connectivity index (χ0) is 13.5. The minimum absolute atomic E-state index is 0.0489. The molecule has 0 radical (unpaired) electrons. The lowest BCUT2D eigenvalue weighted by Crippen LogP contribution is -2.12. The third-order valence-corrected chi connectivity index (χ3v) is 2.52. The molecule has 0 aliphatic rings. The van der Waals surface area contributed by atoms with Crippen LogP contribution in [0.2, 0.25) is 0 Å². The number of hydrogen-bond acceptors (Lipinski definition) is 5. The highest BCUT2D eigenvalue weighted by molar-refractivity contribution is 5.74. The molecule has 0 unspecified atom stereocenters. The molecule has 0 saturated carbocycles. The van der Waals surface area contributed by atoms with Crippen molar-refractivity contribution in [2.75, 3.05) is 13.7 Å². The predicted octanol–water partition coefficient (Wildman–Crippen LogP) is 1.13. The second kappa shape index (κ2) is 6.62. The molecule has 1 aromatic carbocycles. The lowest BCUT2D eigenvalue weighted by molar-refractivity contribution is -0.142. The second-order valence-corrected chi connectivity index (χ2v) is 3.61. The first kappa shape index (κ1) is 14.0. The maximum Gasteiger partial charge on any atom is 0.310 e. The third-order valence-electron chi connectivity index (χ3n) is 2.52. The second-order valence-electron chi connectivity index (χ2n) is 3.61. The first-order chi connectivity index (χ1) is 8.65. The van der Waals surface area contributed by atoms with Crippen LogP contribution in [0.3, 0.4) is 0 Å².